The van der Waals surface area contributed by atoms with Crippen LogP contribution in [-0.2, 0) is 37.1 Å². The third-order valence-corrected chi connectivity index (χ3v) is 8.44. The number of hydrogen-bond acceptors (Lipinski definition) is 8. The molecule has 1 unspecified atom stereocenters. The molecule has 0 fully saturated rings. The van der Waals surface area contributed by atoms with E-state index >= 15 is 0 Å². The maximum absolute atomic E-state index is 14.9. The van der Waals surface area contributed by atoms with Crippen LogP contribution in [0.1, 0.15) is 54.4 Å². The van der Waals surface area contributed by atoms with Gasteiger partial charge in [-0.05, 0) is 55.5 Å². The van der Waals surface area contributed by atoms with Crippen molar-refractivity contribution in [3.63, 3.8) is 0 Å². The summed E-state index contributed by atoms with van der Waals surface area (Å²) < 4.78 is 52.0. The number of unbranched alkanes of at least 4 members (excludes halogenated alkanes) is 1. The summed E-state index contributed by atoms with van der Waals surface area (Å²) in [5.41, 5.74) is 3.95. The molecule has 1 aliphatic rings. The van der Waals surface area contributed by atoms with Gasteiger partial charge < -0.3 is 14.0 Å². The van der Waals surface area contributed by atoms with Gasteiger partial charge in [-0.15, -0.1) is 5.10 Å². The highest BCUT2D eigenvalue weighted by atomic mass is 79.9. The van der Waals surface area contributed by atoms with Gasteiger partial charge in [-0.2, -0.15) is 12.7 Å². The molecule has 1 atom stereocenters. The maximum atomic E-state index is 14.9. The lowest BCUT2D eigenvalue weighted by Gasteiger charge is -2.24. The number of carbonyl (C=O) groups excluding carboxylic acids is 1. The van der Waals surface area contributed by atoms with Gasteiger partial charge in [-0.25, -0.2) is 9.07 Å². The zero-order chi connectivity index (χ0) is 28.2. The number of hydrogen-bond donors (Lipinski definition) is 1. The van der Waals surface area contributed by atoms with Crippen molar-refractivity contribution >= 4 is 43.2 Å². The molecule has 2 heterocycles. The Bertz CT molecular complexity index is 1490. The van der Waals surface area contributed by atoms with Crippen LogP contribution < -0.4 is 0 Å². The predicted molar refractivity (Wildman–Crippen MR) is 146 cm³/mol. The van der Waals surface area contributed by atoms with Gasteiger partial charge in [0.2, 0.25) is 0 Å². The van der Waals surface area contributed by atoms with Gasteiger partial charge in [-0.3, -0.25) is 4.79 Å². The number of rotatable bonds is 11. The topological polar surface area (TPSA) is 124 Å². The van der Waals surface area contributed by atoms with Crippen LogP contribution in [0.5, 0.6) is 0 Å². The summed E-state index contributed by atoms with van der Waals surface area (Å²) in [6, 6.07) is 8.22. The second-order valence-electron chi connectivity index (χ2n) is 9.14. The van der Waals surface area contributed by atoms with Crippen molar-refractivity contribution in [2.75, 3.05) is 18.5 Å². The monoisotopic (exact) mass is 624 g/mol. The molecule has 10 nitrogen and oxygen atoms in total. The van der Waals surface area contributed by atoms with Gasteiger partial charge in [-0.1, -0.05) is 39.3 Å². The molecule has 0 aliphatic carbocycles. The molecule has 1 N–H and O–H groups in total. The number of aliphatic hydroxyl groups excluding tert-OH is 1. The number of ether oxygens (including phenoxy) is 1. The minimum absolute atomic E-state index is 0.00756. The first-order chi connectivity index (χ1) is 18.6. The molecule has 3 aromatic rings. The van der Waals surface area contributed by atoms with Crippen LogP contribution in [-0.4, -0.2) is 57.3 Å². The lowest BCUT2D eigenvalue weighted by atomic mass is 9.85. The zero-order valence-electron chi connectivity index (χ0n) is 21.6. The molecule has 0 saturated carbocycles. The van der Waals surface area contributed by atoms with E-state index in [0.29, 0.717) is 11.1 Å². The number of aliphatic hydroxyl groups is 1. The molecule has 0 bridgehead atoms. The normalized spacial score (nSPS) is 16.1. The molecule has 1 aromatic heterocycles. The SMILES string of the molecule is CCOC(=O)CC(c1ccc(F)c(CN2CC=C(O)OS2(=O)=O)c1)c1ccc2c(nnn2CCCCBr)c1C. The molecular formula is C26H30BrFN4O6S. The molecule has 39 heavy (non-hydrogen) atoms. The summed E-state index contributed by atoms with van der Waals surface area (Å²) in [6.07, 6.45) is 3.13. The van der Waals surface area contributed by atoms with Crippen molar-refractivity contribution in [2.24, 2.45) is 0 Å². The lowest BCUT2D eigenvalue weighted by molar-refractivity contribution is -0.143. The van der Waals surface area contributed by atoms with Crippen molar-refractivity contribution in [2.45, 2.75) is 52.1 Å². The Hall–Kier alpha value is -3.03. The number of nitrogens with zero attached hydrogens (tertiary/aromatic N) is 4. The largest absolute Gasteiger partial charge is 0.480 e. The molecule has 13 heteroatoms. The van der Waals surface area contributed by atoms with Crippen molar-refractivity contribution in [1.82, 2.24) is 19.3 Å². The van der Waals surface area contributed by atoms with Gasteiger partial charge in [0, 0.05) is 42.5 Å². The van der Waals surface area contributed by atoms with E-state index in [1.807, 2.05) is 23.7 Å². The Labute approximate surface area is 234 Å². The van der Waals surface area contributed by atoms with E-state index < -0.39 is 34.0 Å². The first-order valence-electron chi connectivity index (χ1n) is 12.6. The van der Waals surface area contributed by atoms with Crippen LogP contribution >= 0.6 is 15.9 Å². The van der Waals surface area contributed by atoms with Gasteiger partial charge in [0.25, 0.3) is 5.95 Å². The number of alkyl halides is 1. The Balaban J connectivity index is 1.72. The van der Waals surface area contributed by atoms with Crippen molar-refractivity contribution < 1.29 is 31.6 Å². The van der Waals surface area contributed by atoms with E-state index in [4.69, 9.17) is 4.74 Å². The highest BCUT2D eigenvalue weighted by molar-refractivity contribution is 9.09. The summed E-state index contributed by atoms with van der Waals surface area (Å²) in [4.78, 5) is 12.6. The van der Waals surface area contributed by atoms with Crippen molar-refractivity contribution in [1.29, 1.82) is 0 Å². The van der Waals surface area contributed by atoms with E-state index in [2.05, 4.69) is 30.4 Å². The van der Waals surface area contributed by atoms with Crippen molar-refractivity contribution in [3.05, 3.63) is 70.4 Å². The van der Waals surface area contributed by atoms with Crippen LogP contribution in [0.25, 0.3) is 11.0 Å². The fourth-order valence-corrected chi connectivity index (χ4v) is 5.95. The second kappa shape index (κ2) is 12.4. The van der Waals surface area contributed by atoms with Crippen LogP contribution in [0.4, 0.5) is 4.39 Å². The number of esters is 1. The summed E-state index contributed by atoms with van der Waals surface area (Å²) in [7, 11) is -4.28. The predicted octanol–water partition coefficient (Wildman–Crippen LogP) is 4.62. The summed E-state index contributed by atoms with van der Waals surface area (Å²) >= 11 is 3.44. The van der Waals surface area contributed by atoms with Crippen LogP contribution in [0, 0.1) is 12.7 Å². The molecular weight excluding hydrogens is 595 g/mol. The number of aromatic nitrogens is 3. The highest BCUT2D eigenvalue weighted by Gasteiger charge is 2.30. The average molecular weight is 626 g/mol. The first-order valence-corrected chi connectivity index (χ1v) is 15.0. The molecule has 2 aromatic carbocycles. The van der Waals surface area contributed by atoms with Crippen LogP contribution in [0.3, 0.4) is 0 Å². The molecule has 0 saturated heterocycles. The number of fused-ring (bicyclic) bond motifs is 1. The van der Waals surface area contributed by atoms with E-state index in [0.717, 1.165) is 45.7 Å². The molecule has 4 rings (SSSR count). The van der Waals surface area contributed by atoms with Gasteiger partial charge in [0.05, 0.1) is 18.5 Å². The Morgan fingerprint density at radius 3 is 2.79 bits per heavy atom. The Morgan fingerprint density at radius 2 is 2.08 bits per heavy atom. The van der Waals surface area contributed by atoms with E-state index in [-0.39, 0.29) is 31.7 Å². The molecule has 0 radical (unpaired) electrons. The third-order valence-electron chi connectivity index (χ3n) is 6.58. The number of benzene rings is 2. The van der Waals surface area contributed by atoms with Gasteiger partial charge >= 0.3 is 16.3 Å². The van der Waals surface area contributed by atoms with E-state index in [1.54, 1.807) is 19.1 Å². The summed E-state index contributed by atoms with van der Waals surface area (Å²) in [5.74, 6) is -2.26. The maximum Gasteiger partial charge on any atom is 0.388 e. The molecule has 1 aliphatic heterocycles. The number of aryl methyl sites for hydroxylation is 2. The summed E-state index contributed by atoms with van der Waals surface area (Å²) in [5, 5.41) is 19.0. The minimum Gasteiger partial charge on any atom is -0.480 e. The van der Waals surface area contributed by atoms with E-state index in [1.165, 1.54) is 12.1 Å². The second-order valence-corrected chi connectivity index (χ2v) is 11.5. The number of carbonyl (C=O) groups is 1. The minimum atomic E-state index is -4.28. The standard InChI is InChI=1S/C26H30BrFN4O6S/c1-3-37-25(34)15-21(20-7-9-23-26(17(20)2)29-30-32(23)12-5-4-11-27)18-6-8-22(28)19(14-18)16-31-13-10-24(33)38-39(31,35)36/h6-10,14,21,33H,3-5,11-13,15-16H2,1-2H3. The smallest absolute Gasteiger partial charge is 0.388 e. The van der Waals surface area contributed by atoms with Crippen LogP contribution in [0.2, 0.25) is 0 Å². The fourth-order valence-electron chi connectivity index (χ4n) is 4.61. The number of halogens is 2. The fraction of sp³-hybridized carbons (Fsp3) is 0.423. The van der Waals surface area contributed by atoms with Gasteiger partial charge in [0.1, 0.15) is 11.3 Å². The lowest BCUT2D eigenvalue weighted by Crippen LogP contribution is -2.35. The zero-order valence-corrected chi connectivity index (χ0v) is 24.0. The van der Waals surface area contributed by atoms with E-state index in [9.17, 15) is 22.7 Å². The molecule has 210 valence electrons. The quantitative estimate of drug-likeness (QED) is 0.186. The van der Waals surface area contributed by atoms with Gasteiger partial charge in [0.15, 0.2) is 0 Å². The van der Waals surface area contributed by atoms with Crippen LogP contribution in [0.15, 0.2) is 42.4 Å². The molecule has 0 spiro atoms. The highest BCUT2D eigenvalue weighted by Crippen LogP contribution is 2.35. The third kappa shape index (κ3) is 6.59. The Kier molecular flexibility index (Phi) is 9.23. The van der Waals surface area contributed by atoms with Crippen molar-refractivity contribution in [3.8, 4) is 0 Å². The molecule has 0 amide bonds. The summed E-state index contributed by atoms with van der Waals surface area (Å²) in [6.45, 7) is 4.08. The first kappa shape index (κ1) is 29.0. The average Bonchev–Trinajstić information content (AvgIpc) is 3.30. The Morgan fingerprint density at radius 1 is 1.28 bits per heavy atom.